The number of nitrogens with one attached hydrogen (secondary N) is 2. The third kappa shape index (κ3) is 5.52. The van der Waals surface area contributed by atoms with E-state index >= 15 is 0 Å². The smallest absolute Gasteiger partial charge is 0.255 e. The molecule has 0 aliphatic rings. The monoisotopic (exact) mass is 464 g/mol. The van der Waals surface area contributed by atoms with Crippen LogP contribution in [0.2, 0.25) is 15.1 Å². The summed E-state index contributed by atoms with van der Waals surface area (Å²) in [5.41, 5.74) is 0.356. The largest absolute Gasteiger partial charge is 0.492 e. The Labute approximate surface area is 179 Å². The number of benzene rings is 2. The topological polar surface area (TPSA) is 84.5 Å². The standard InChI is InChI=1S/C18H19Cl3N2O4S/c1-4-27-16-6-5-11(7-17(16)28(25,26)23-10(2)3)18(24)22-15-9-13(20)12(19)8-14(15)21/h5-10,23H,4H2,1-3H3,(H,22,24). The van der Waals surface area contributed by atoms with Crippen molar-refractivity contribution < 1.29 is 17.9 Å². The first-order valence-electron chi connectivity index (χ1n) is 8.30. The number of halogens is 3. The van der Waals surface area contributed by atoms with Gasteiger partial charge in [-0.3, -0.25) is 4.79 Å². The van der Waals surface area contributed by atoms with Gasteiger partial charge < -0.3 is 10.1 Å². The van der Waals surface area contributed by atoms with E-state index in [4.69, 9.17) is 39.5 Å². The first kappa shape index (κ1) is 22.8. The number of ether oxygens (including phenoxy) is 1. The maximum absolute atomic E-state index is 12.6. The van der Waals surface area contributed by atoms with Gasteiger partial charge in [-0.05, 0) is 51.1 Å². The highest BCUT2D eigenvalue weighted by molar-refractivity contribution is 7.89. The predicted octanol–water partition coefficient (Wildman–Crippen LogP) is 4.98. The summed E-state index contributed by atoms with van der Waals surface area (Å²) in [6.45, 7) is 5.40. The Morgan fingerprint density at radius 2 is 1.71 bits per heavy atom. The van der Waals surface area contributed by atoms with Crippen molar-refractivity contribution in [3.05, 3.63) is 51.0 Å². The number of amides is 1. The summed E-state index contributed by atoms with van der Waals surface area (Å²) in [4.78, 5) is 12.5. The lowest BCUT2D eigenvalue weighted by Gasteiger charge is -2.15. The number of carbonyl (C=O) groups excluding carboxylic acids is 1. The van der Waals surface area contributed by atoms with E-state index < -0.39 is 15.9 Å². The fraction of sp³-hybridized carbons (Fsp3) is 0.278. The van der Waals surface area contributed by atoms with E-state index in [-0.39, 0.29) is 49.6 Å². The molecular weight excluding hydrogens is 447 g/mol. The zero-order chi connectivity index (χ0) is 21.1. The van der Waals surface area contributed by atoms with Gasteiger partial charge in [-0.25, -0.2) is 13.1 Å². The van der Waals surface area contributed by atoms with Crippen LogP contribution in [-0.2, 0) is 10.0 Å². The lowest BCUT2D eigenvalue weighted by Crippen LogP contribution is -2.30. The van der Waals surface area contributed by atoms with Gasteiger partial charge >= 0.3 is 0 Å². The maximum atomic E-state index is 12.6. The molecule has 10 heteroatoms. The molecule has 0 heterocycles. The molecule has 2 rings (SSSR count). The summed E-state index contributed by atoms with van der Waals surface area (Å²) in [6, 6.07) is 6.63. The minimum atomic E-state index is -3.88. The summed E-state index contributed by atoms with van der Waals surface area (Å²) >= 11 is 17.9. The molecule has 0 atom stereocenters. The second-order valence-electron chi connectivity index (χ2n) is 6.07. The zero-order valence-electron chi connectivity index (χ0n) is 15.3. The first-order valence-corrected chi connectivity index (χ1v) is 10.9. The molecule has 0 radical (unpaired) electrons. The van der Waals surface area contributed by atoms with Crippen molar-refractivity contribution in [1.82, 2.24) is 4.72 Å². The van der Waals surface area contributed by atoms with Gasteiger partial charge in [0.25, 0.3) is 5.91 Å². The van der Waals surface area contributed by atoms with Crippen molar-refractivity contribution in [3.8, 4) is 5.75 Å². The van der Waals surface area contributed by atoms with Crippen molar-refractivity contribution in [2.45, 2.75) is 31.7 Å². The van der Waals surface area contributed by atoms with Crippen LogP contribution < -0.4 is 14.8 Å². The van der Waals surface area contributed by atoms with Crippen LogP contribution in [0.1, 0.15) is 31.1 Å². The van der Waals surface area contributed by atoms with Crippen LogP contribution in [0.4, 0.5) is 5.69 Å². The fourth-order valence-electron chi connectivity index (χ4n) is 2.32. The predicted molar refractivity (Wildman–Crippen MR) is 112 cm³/mol. The second-order valence-corrected chi connectivity index (χ2v) is 8.97. The van der Waals surface area contributed by atoms with E-state index in [1.165, 1.54) is 30.3 Å². The minimum absolute atomic E-state index is 0.106. The molecule has 1 amide bonds. The highest BCUT2D eigenvalue weighted by Gasteiger charge is 2.23. The Balaban J connectivity index is 2.42. The third-order valence-corrected chi connectivity index (χ3v) is 6.16. The van der Waals surface area contributed by atoms with Gasteiger partial charge in [0, 0.05) is 11.6 Å². The van der Waals surface area contributed by atoms with Crippen molar-refractivity contribution >= 4 is 56.4 Å². The van der Waals surface area contributed by atoms with E-state index in [9.17, 15) is 13.2 Å². The highest BCUT2D eigenvalue weighted by Crippen LogP contribution is 2.33. The van der Waals surface area contributed by atoms with Gasteiger partial charge in [-0.2, -0.15) is 0 Å². The van der Waals surface area contributed by atoms with Gasteiger partial charge in [0.15, 0.2) is 0 Å². The minimum Gasteiger partial charge on any atom is -0.492 e. The van der Waals surface area contributed by atoms with E-state index in [1.807, 2.05) is 0 Å². The van der Waals surface area contributed by atoms with Crippen LogP contribution in [0.5, 0.6) is 5.75 Å². The number of carbonyl (C=O) groups is 1. The maximum Gasteiger partial charge on any atom is 0.255 e. The number of rotatable bonds is 7. The molecule has 2 N–H and O–H groups in total. The number of hydrogen-bond acceptors (Lipinski definition) is 4. The Morgan fingerprint density at radius 1 is 1.07 bits per heavy atom. The molecule has 0 saturated heterocycles. The van der Waals surface area contributed by atoms with E-state index in [1.54, 1.807) is 20.8 Å². The van der Waals surface area contributed by atoms with Gasteiger partial charge in [0.05, 0.1) is 27.4 Å². The number of anilines is 1. The fourth-order valence-corrected chi connectivity index (χ4v) is 4.34. The molecule has 0 aliphatic heterocycles. The summed E-state index contributed by atoms with van der Waals surface area (Å²) in [5, 5.41) is 3.26. The molecular formula is C18H19Cl3N2O4S. The number of sulfonamides is 1. The lowest BCUT2D eigenvalue weighted by molar-refractivity contribution is 0.102. The van der Waals surface area contributed by atoms with Gasteiger partial charge in [-0.1, -0.05) is 34.8 Å². The van der Waals surface area contributed by atoms with Crippen LogP contribution in [0.25, 0.3) is 0 Å². The average Bonchev–Trinajstić information content (AvgIpc) is 2.59. The molecule has 2 aromatic rings. The normalized spacial score (nSPS) is 11.5. The lowest BCUT2D eigenvalue weighted by atomic mass is 10.2. The summed E-state index contributed by atoms with van der Waals surface area (Å²) in [7, 11) is -3.88. The Morgan fingerprint density at radius 3 is 2.32 bits per heavy atom. The van der Waals surface area contributed by atoms with E-state index in [2.05, 4.69) is 10.0 Å². The highest BCUT2D eigenvalue weighted by atomic mass is 35.5. The van der Waals surface area contributed by atoms with E-state index in [0.717, 1.165) is 0 Å². The van der Waals surface area contributed by atoms with Crippen LogP contribution in [0, 0.1) is 0 Å². The SMILES string of the molecule is CCOc1ccc(C(=O)Nc2cc(Cl)c(Cl)cc2Cl)cc1S(=O)(=O)NC(C)C. The van der Waals surface area contributed by atoms with Crippen LogP contribution in [-0.4, -0.2) is 27.0 Å². The quantitative estimate of drug-likeness (QED) is 0.565. The molecule has 0 aromatic heterocycles. The molecule has 0 saturated carbocycles. The van der Waals surface area contributed by atoms with Gasteiger partial charge in [0.2, 0.25) is 10.0 Å². The van der Waals surface area contributed by atoms with Gasteiger partial charge in [0.1, 0.15) is 10.6 Å². The summed E-state index contributed by atoms with van der Waals surface area (Å²) < 4.78 is 33.1. The zero-order valence-corrected chi connectivity index (χ0v) is 18.4. The molecule has 0 unspecified atom stereocenters. The van der Waals surface area contributed by atoms with Crippen molar-refractivity contribution in [3.63, 3.8) is 0 Å². The van der Waals surface area contributed by atoms with Crippen molar-refractivity contribution in [1.29, 1.82) is 0 Å². The Hall–Kier alpha value is -1.51. The molecule has 0 spiro atoms. The summed E-state index contributed by atoms with van der Waals surface area (Å²) in [5.74, 6) is -0.413. The molecule has 0 fully saturated rings. The van der Waals surface area contributed by atoms with Crippen LogP contribution >= 0.6 is 34.8 Å². The first-order chi connectivity index (χ1) is 13.0. The number of hydrogen-bond donors (Lipinski definition) is 2. The van der Waals surface area contributed by atoms with Crippen molar-refractivity contribution in [2.75, 3.05) is 11.9 Å². The molecule has 2 aromatic carbocycles. The Kier molecular flexibility index (Phi) is 7.59. The van der Waals surface area contributed by atoms with Gasteiger partial charge in [-0.15, -0.1) is 0 Å². The molecule has 28 heavy (non-hydrogen) atoms. The van der Waals surface area contributed by atoms with Crippen molar-refractivity contribution in [2.24, 2.45) is 0 Å². The molecule has 6 nitrogen and oxygen atoms in total. The third-order valence-electron chi connectivity index (χ3n) is 3.44. The van der Waals surface area contributed by atoms with Crippen LogP contribution in [0.3, 0.4) is 0 Å². The molecule has 0 aliphatic carbocycles. The second kappa shape index (κ2) is 9.33. The Bertz CT molecular complexity index is 995. The average molecular weight is 466 g/mol. The molecule has 0 bridgehead atoms. The van der Waals surface area contributed by atoms with E-state index in [0.29, 0.717) is 0 Å². The molecule has 152 valence electrons. The van der Waals surface area contributed by atoms with Crippen LogP contribution in [0.15, 0.2) is 35.2 Å². The summed E-state index contributed by atoms with van der Waals surface area (Å²) in [6.07, 6.45) is 0.